The zero-order chi connectivity index (χ0) is 8.85. The van der Waals surface area contributed by atoms with Gasteiger partial charge in [-0.1, -0.05) is 13.8 Å². The van der Waals surface area contributed by atoms with E-state index in [4.69, 9.17) is 9.84 Å². The van der Waals surface area contributed by atoms with Crippen LogP contribution < -0.4 is 0 Å². The highest BCUT2D eigenvalue weighted by atomic mass is 16.5. The van der Waals surface area contributed by atoms with Crippen molar-refractivity contribution in [3.05, 3.63) is 0 Å². The van der Waals surface area contributed by atoms with Crippen LogP contribution in [-0.4, -0.2) is 23.9 Å². The van der Waals surface area contributed by atoms with Crippen molar-refractivity contribution in [2.75, 3.05) is 6.61 Å². The third kappa shape index (κ3) is 7.82. The van der Waals surface area contributed by atoms with Gasteiger partial charge in [0.15, 0.2) is 0 Å². The highest BCUT2D eigenvalue weighted by Crippen LogP contribution is 2.07. The summed E-state index contributed by atoms with van der Waals surface area (Å²) in [4.78, 5) is 0. The monoisotopic (exact) mass is 160 g/mol. The van der Waals surface area contributed by atoms with Crippen LogP contribution in [0.1, 0.15) is 34.1 Å². The summed E-state index contributed by atoms with van der Waals surface area (Å²) in [6.07, 6.45) is 0.987. The molecule has 1 N–H and O–H groups in total. The smallest absolute Gasteiger partial charge is 0.0745 e. The lowest BCUT2D eigenvalue weighted by Crippen LogP contribution is -2.18. The molecule has 0 aliphatic carbocycles. The molecule has 0 spiro atoms. The molecule has 0 bridgehead atoms. The Kier molecular flexibility index (Phi) is 5.51. The van der Waals surface area contributed by atoms with Gasteiger partial charge in [-0.05, 0) is 26.2 Å². The minimum absolute atomic E-state index is 0.268. The van der Waals surface area contributed by atoms with Crippen molar-refractivity contribution >= 4 is 0 Å². The molecule has 0 saturated heterocycles. The maximum absolute atomic E-state index is 8.91. The molecule has 0 saturated carbocycles. The third-order valence-electron chi connectivity index (χ3n) is 1.43. The van der Waals surface area contributed by atoms with Gasteiger partial charge in [-0.3, -0.25) is 0 Å². The molecule has 0 heterocycles. The topological polar surface area (TPSA) is 29.5 Å². The second-order valence-corrected chi connectivity index (χ2v) is 3.62. The molecule has 2 nitrogen and oxygen atoms in total. The van der Waals surface area contributed by atoms with E-state index in [0.717, 1.165) is 6.42 Å². The first-order valence-electron chi connectivity index (χ1n) is 4.32. The van der Waals surface area contributed by atoms with Gasteiger partial charge in [-0.15, -0.1) is 0 Å². The first-order valence-corrected chi connectivity index (χ1v) is 4.32. The number of ether oxygens (including phenoxy) is 1. The first-order chi connectivity index (χ1) is 5.02. The Bertz CT molecular complexity index is 89.6. The molecule has 2 heteroatoms. The number of hydrogen-bond donors (Lipinski definition) is 1. The van der Waals surface area contributed by atoms with E-state index in [0.29, 0.717) is 12.5 Å². The highest BCUT2D eigenvalue weighted by Gasteiger charge is 2.05. The van der Waals surface area contributed by atoms with Crippen LogP contribution in [0.25, 0.3) is 0 Å². The Morgan fingerprint density at radius 1 is 1.18 bits per heavy atom. The van der Waals surface area contributed by atoms with Crippen molar-refractivity contribution in [2.24, 2.45) is 5.92 Å². The van der Waals surface area contributed by atoms with E-state index in [2.05, 4.69) is 13.8 Å². The molecule has 0 aromatic heterocycles. The number of aliphatic hydroxyl groups is 1. The van der Waals surface area contributed by atoms with Crippen LogP contribution in [0.15, 0.2) is 0 Å². The maximum atomic E-state index is 8.91. The molecule has 0 unspecified atom stereocenters. The Morgan fingerprint density at radius 3 is 2.09 bits per heavy atom. The lowest BCUT2D eigenvalue weighted by atomic mass is 10.1. The molecule has 0 aromatic carbocycles. The van der Waals surface area contributed by atoms with E-state index >= 15 is 0 Å². The molecule has 68 valence electrons. The average Bonchev–Trinajstić information content (AvgIpc) is 1.82. The second kappa shape index (κ2) is 5.56. The zero-order valence-corrected chi connectivity index (χ0v) is 8.00. The van der Waals surface area contributed by atoms with Gasteiger partial charge in [0.1, 0.15) is 0 Å². The van der Waals surface area contributed by atoms with Crippen molar-refractivity contribution in [2.45, 2.75) is 46.3 Å². The van der Waals surface area contributed by atoms with Gasteiger partial charge in [-0.2, -0.15) is 0 Å². The maximum Gasteiger partial charge on any atom is 0.0745 e. The molecule has 0 aliphatic rings. The quantitative estimate of drug-likeness (QED) is 0.664. The molecular formula is C9H20O2. The summed E-state index contributed by atoms with van der Waals surface area (Å²) in [7, 11) is 0. The summed E-state index contributed by atoms with van der Waals surface area (Å²) < 4.78 is 5.36. The Balaban J connectivity index is 3.29. The van der Waals surface area contributed by atoms with Crippen LogP contribution in [-0.2, 0) is 4.74 Å². The fraction of sp³-hybridized carbons (Fsp3) is 1.00. The number of rotatable bonds is 5. The van der Waals surface area contributed by atoms with Gasteiger partial charge >= 0.3 is 0 Å². The molecule has 0 rings (SSSR count). The number of aliphatic hydroxyl groups excluding tert-OH is 1. The fourth-order valence-electron chi connectivity index (χ4n) is 1.04. The molecule has 11 heavy (non-hydrogen) atoms. The third-order valence-corrected chi connectivity index (χ3v) is 1.43. The minimum atomic E-state index is -0.343. The predicted octanol–water partition coefficient (Wildman–Crippen LogP) is 1.82. The van der Waals surface area contributed by atoms with Crippen LogP contribution in [0.3, 0.4) is 0 Å². The lowest BCUT2D eigenvalue weighted by molar-refractivity contribution is -0.00257. The van der Waals surface area contributed by atoms with E-state index in [1.54, 1.807) is 6.92 Å². The Morgan fingerprint density at radius 2 is 1.73 bits per heavy atom. The van der Waals surface area contributed by atoms with E-state index in [9.17, 15) is 0 Å². The lowest BCUT2D eigenvalue weighted by Gasteiger charge is -2.15. The van der Waals surface area contributed by atoms with Crippen LogP contribution in [0.4, 0.5) is 0 Å². The first kappa shape index (κ1) is 10.9. The average molecular weight is 160 g/mol. The SMILES string of the molecule is CC(C)C[C@@H](C)OC[C@@H](C)O. The van der Waals surface area contributed by atoms with Crippen LogP contribution in [0.5, 0.6) is 0 Å². The predicted molar refractivity (Wildman–Crippen MR) is 46.5 cm³/mol. The minimum Gasteiger partial charge on any atom is -0.391 e. The van der Waals surface area contributed by atoms with Crippen molar-refractivity contribution in [3.63, 3.8) is 0 Å². The van der Waals surface area contributed by atoms with Gasteiger partial charge in [-0.25, -0.2) is 0 Å². The van der Waals surface area contributed by atoms with Gasteiger partial charge in [0.2, 0.25) is 0 Å². The normalized spacial score (nSPS) is 16.9. The molecule has 2 atom stereocenters. The van der Waals surface area contributed by atoms with Crippen molar-refractivity contribution in [3.8, 4) is 0 Å². The van der Waals surface area contributed by atoms with Crippen LogP contribution in [0, 0.1) is 5.92 Å². The molecular weight excluding hydrogens is 140 g/mol. The summed E-state index contributed by atoms with van der Waals surface area (Å²) in [5.74, 6) is 0.666. The zero-order valence-electron chi connectivity index (χ0n) is 8.00. The summed E-state index contributed by atoms with van der Waals surface area (Å²) in [5.41, 5.74) is 0. The van der Waals surface area contributed by atoms with Crippen molar-refractivity contribution in [1.29, 1.82) is 0 Å². The highest BCUT2D eigenvalue weighted by molar-refractivity contribution is 4.54. The molecule has 0 aliphatic heterocycles. The van der Waals surface area contributed by atoms with Gasteiger partial charge < -0.3 is 9.84 Å². The van der Waals surface area contributed by atoms with Crippen LogP contribution in [0.2, 0.25) is 0 Å². The van der Waals surface area contributed by atoms with E-state index < -0.39 is 0 Å². The standard InChI is InChI=1S/C9H20O2/c1-7(2)5-9(4)11-6-8(3)10/h7-10H,5-6H2,1-4H3/t8-,9-/m1/s1. The van der Waals surface area contributed by atoms with Gasteiger partial charge in [0.05, 0.1) is 18.8 Å². The summed E-state index contributed by atoms with van der Waals surface area (Å²) >= 11 is 0. The van der Waals surface area contributed by atoms with Gasteiger partial charge in [0.25, 0.3) is 0 Å². The van der Waals surface area contributed by atoms with Crippen molar-refractivity contribution in [1.82, 2.24) is 0 Å². The fourth-order valence-corrected chi connectivity index (χ4v) is 1.04. The summed E-state index contributed by atoms with van der Waals surface area (Å²) in [6, 6.07) is 0. The summed E-state index contributed by atoms with van der Waals surface area (Å²) in [6.45, 7) is 8.57. The molecule has 0 fully saturated rings. The van der Waals surface area contributed by atoms with Crippen molar-refractivity contribution < 1.29 is 9.84 Å². The largest absolute Gasteiger partial charge is 0.391 e. The van der Waals surface area contributed by atoms with Crippen LogP contribution >= 0.6 is 0 Å². The molecule has 0 amide bonds. The van der Waals surface area contributed by atoms with E-state index in [1.807, 2.05) is 6.92 Å². The van der Waals surface area contributed by atoms with E-state index in [-0.39, 0.29) is 12.2 Å². The van der Waals surface area contributed by atoms with Gasteiger partial charge in [0, 0.05) is 0 Å². The second-order valence-electron chi connectivity index (χ2n) is 3.62. The summed E-state index contributed by atoms with van der Waals surface area (Å²) in [5, 5.41) is 8.91. The number of hydrogen-bond acceptors (Lipinski definition) is 2. The van der Waals surface area contributed by atoms with E-state index in [1.165, 1.54) is 0 Å². The Labute approximate surface area is 69.6 Å². The molecule has 0 aromatic rings. The molecule has 0 radical (unpaired) electrons. The Hall–Kier alpha value is -0.0800.